The van der Waals surface area contributed by atoms with Crippen LogP contribution in [0.5, 0.6) is 0 Å². The van der Waals surface area contributed by atoms with Gasteiger partial charge in [-0.2, -0.15) is 5.10 Å². The van der Waals surface area contributed by atoms with E-state index >= 15 is 0 Å². The van der Waals surface area contributed by atoms with Gasteiger partial charge >= 0.3 is 5.97 Å². The van der Waals surface area contributed by atoms with E-state index in [2.05, 4.69) is 10.4 Å². The molecule has 1 amide bonds. The third-order valence-electron chi connectivity index (χ3n) is 4.42. The minimum absolute atomic E-state index is 0.247. The number of esters is 1. The van der Waals surface area contributed by atoms with Gasteiger partial charge in [-0.1, -0.05) is 18.2 Å². The van der Waals surface area contributed by atoms with Crippen molar-refractivity contribution in [3.8, 4) is 5.69 Å². The standard InChI is InChI=1S/C18H16N4O3S/c1-3-25-17(24)13-10(2)19-18(26)22-15(13)12-9-21(20-14(12)16(22)23)11-7-5-4-6-8-11/h4-9,15H,3H2,1-2H3,(H,19,26)/t15-/m0/s1. The lowest BCUT2D eigenvalue weighted by Gasteiger charge is -2.33. The lowest BCUT2D eigenvalue weighted by atomic mass is 9.98. The summed E-state index contributed by atoms with van der Waals surface area (Å²) in [5, 5.41) is 7.61. The number of benzene rings is 1. The lowest BCUT2D eigenvalue weighted by molar-refractivity contribution is -0.139. The Morgan fingerprint density at radius 2 is 2.08 bits per heavy atom. The van der Waals surface area contributed by atoms with E-state index in [1.54, 1.807) is 24.7 Å². The molecule has 2 aliphatic heterocycles. The van der Waals surface area contributed by atoms with Gasteiger partial charge in [0, 0.05) is 17.5 Å². The summed E-state index contributed by atoms with van der Waals surface area (Å²) in [5.74, 6) is -0.797. The Labute approximate surface area is 155 Å². The van der Waals surface area contributed by atoms with Crippen LogP contribution in [-0.4, -0.2) is 38.3 Å². The molecule has 0 bridgehead atoms. The third-order valence-corrected chi connectivity index (χ3v) is 4.72. The first-order chi connectivity index (χ1) is 12.5. The highest BCUT2D eigenvalue weighted by molar-refractivity contribution is 7.80. The van der Waals surface area contributed by atoms with Crippen LogP contribution >= 0.6 is 12.2 Å². The van der Waals surface area contributed by atoms with Crippen LogP contribution in [0.4, 0.5) is 0 Å². The van der Waals surface area contributed by atoms with E-state index in [1.165, 1.54) is 4.90 Å². The molecular formula is C18H16N4O3S. The molecule has 1 aromatic heterocycles. The molecule has 0 fully saturated rings. The number of rotatable bonds is 3. The van der Waals surface area contributed by atoms with Crippen LogP contribution in [0.3, 0.4) is 0 Å². The third kappa shape index (κ3) is 2.33. The van der Waals surface area contributed by atoms with Gasteiger partial charge in [0.15, 0.2) is 10.8 Å². The van der Waals surface area contributed by atoms with Crippen molar-refractivity contribution in [2.75, 3.05) is 6.61 Å². The Bertz CT molecular complexity index is 964. The molecule has 8 heteroatoms. The predicted molar refractivity (Wildman–Crippen MR) is 97.5 cm³/mol. The topological polar surface area (TPSA) is 76.5 Å². The highest BCUT2D eigenvalue weighted by atomic mass is 32.1. The summed E-state index contributed by atoms with van der Waals surface area (Å²) in [4.78, 5) is 26.8. The van der Waals surface area contributed by atoms with Gasteiger partial charge in [0.25, 0.3) is 5.91 Å². The molecule has 2 aromatic rings. The van der Waals surface area contributed by atoms with Gasteiger partial charge in [-0.05, 0) is 38.2 Å². The highest BCUT2D eigenvalue weighted by Gasteiger charge is 2.49. The summed E-state index contributed by atoms with van der Waals surface area (Å²) in [6.07, 6.45) is 1.77. The smallest absolute Gasteiger partial charge is 0.338 e. The molecule has 0 spiro atoms. The van der Waals surface area contributed by atoms with Crippen molar-refractivity contribution in [3.05, 3.63) is 59.1 Å². The number of thiocarbonyl (C=S) groups is 1. The second kappa shape index (κ2) is 6.06. The lowest BCUT2D eigenvalue weighted by Crippen LogP contribution is -2.48. The van der Waals surface area contributed by atoms with Crippen molar-refractivity contribution in [1.29, 1.82) is 0 Å². The van der Waals surface area contributed by atoms with E-state index in [4.69, 9.17) is 17.0 Å². The van der Waals surface area contributed by atoms with Crippen LogP contribution < -0.4 is 5.32 Å². The van der Waals surface area contributed by atoms with E-state index in [-0.39, 0.29) is 17.6 Å². The van der Waals surface area contributed by atoms with Gasteiger partial charge in [0.1, 0.15) is 6.04 Å². The molecule has 7 nitrogen and oxygen atoms in total. The van der Waals surface area contributed by atoms with Crippen LogP contribution in [0.15, 0.2) is 47.8 Å². The minimum atomic E-state index is -0.622. The van der Waals surface area contributed by atoms with E-state index < -0.39 is 12.0 Å². The van der Waals surface area contributed by atoms with E-state index in [0.29, 0.717) is 22.5 Å². The molecule has 4 rings (SSSR count). The Hall–Kier alpha value is -3.00. The molecular weight excluding hydrogens is 352 g/mol. The Morgan fingerprint density at radius 1 is 1.35 bits per heavy atom. The molecule has 0 radical (unpaired) electrons. The summed E-state index contributed by atoms with van der Waals surface area (Å²) in [5.41, 5.74) is 2.73. The van der Waals surface area contributed by atoms with Gasteiger partial charge in [-0.15, -0.1) is 0 Å². The number of nitrogens with one attached hydrogen (secondary N) is 1. The Morgan fingerprint density at radius 3 is 2.77 bits per heavy atom. The fourth-order valence-corrected chi connectivity index (χ4v) is 3.64. The Balaban J connectivity index is 1.85. The van der Waals surface area contributed by atoms with Gasteiger partial charge in [0.2, 0.25) is 0 Å². The summed E-state index contributed by atoms with van der Waals surface area (Å²) >= 11 is 5.31. The van der Waals surface area contributed by atoms with Crippen LogP contribution in [0.25, 0.3) is 5.69 Å². The first-order valence-corrected chi connectivity index (χ1v) is 8.61. The fourth-order valence-electron chi connectivity index (χ4n) is 3.30. The second-order valence-electron chi connectivity index (χ2n) is 5.98. The van der Waals surface area contributed by atoms with Crippen molar-refractivity contribution in [3.63, 3.8) is 0 Å². The average Bonchev–Trinajstić information content (AvgIpc) is 3.16. The summed E-state index contributed by atoms with van der Waals surface area (Å²) in [6, 6.07) is 8.86. The molecule has 0 saturated heterocycles. The molecule has 2 aliphatic rings. The number of para-hydroxylation sites is 1. The number of carbonyl (C=O) groups excluding carboxylic acids is 2. The van der Waals surface area contributed by atoms with Crippen LogP contribution in [-0.2, 0) is 9.53 Å². The maximum atomic E-state index is 12.9. The Kier molecular flexibility index (Phi) is 3.84. The fraction of sp³-hybridized carbons (Fsp3) is 0.222. The number of fused-ring (bicyclic) bond motifs is 3. The zero-order valence-corrected chi connectivity index (χ0v) is 15.0. The van der Waals surface area contributed by atoms with Gasteiger partial charge in [0.05, 0.1) is 17.9 Å². The average molecular weight is 368 g/mol. The first kappa shape index (κ1) is 16.5. The molecule has 1 N–H and O–H groups in total. The molecule has 1 atom stereocenters. The SMILES string of the molecule is CCOC(=O)C1=C(C)NC(=S)N2C(=O)c3nn(-c4ccccc4)cc3[C@@H]12. The van der Waals surface area contributed by atoms with Crippen molar-refractivity contribution in [2.24, 2.45) is 0 Å². The monoisotopic (exact) mass is 368 g/mol. The molecule has 0 aliphatic carbocycles. The van der Waals surface area contributed by atoms with Crippen molar-refractivity contribution >= 4 is 29.2 Å². The van der Waals surface area contributed by atoms with Gasteiger partial charge in [-0.3, -0.25) is 9.69 Å². The van der Waals surface area contributed by atoms with E-state index in [9.17, 15) is 9.59 Å². The molecule has 132 valence electrons. The molecule has 3 heterocycles. The second-order valence-corrected chi connectivity index (χ2v) is 6.37. The predicted octanol–water partition coefficient (Wildman–Crippen LogP) is 2.09. The number of carbonyl (C=O) groups is 2. The van der Waals surface area contributed by atoms with E-state index in [0.717, 1.165) is 5.69 Å². The number of nitrogens with zero attached hydrogens (tertiary/aromatic N) is 3. The first-order valence-electron chi connectivity index (χ1n) is 8.20. The van der Waals surface area contributed by atoms with Crippen molar-refractivity contribution in [1.82, 2.24) is 20.0 Å². The summed E-state index contributed by atoms with van der Waals surface area (Å²) < 4.78 is 6.83. The number of hydrogen-bond donors (Lipinski definition) is 1. The number of ether oxygens (including phenoxy) is 1. The van der Waals surface area contributed by atoms with Crippen molar-refractivity contribution < 1.29 is 14.3 Å². The zero-order valence-electron chi connectivity index (χ0n) is 14.2. The minimum Gasteiger partial charge on any atom is -0.463 e. The molecule has 0 saturated carbocycles. The number of hydrogen-bond acceptors (Lipinski definition) is 5. The molecule has 0 unspecified atom stereocenters. The van der Waals surface area contributed by atoms with E-state index in [1.807, 2.05) is 30.3 Å². The zero-order chi connectivity index (χ0) is 18.4. The van der Waals surface area contributed by atoms with Crippen molar-refractivity contribution in [2.45, 2.75) is 19.9 Å². The normalized spacial score (nSPS) is 18.5. The van der Waals surface area contributed by atoms with Crippen LogP contribution in [0, 0.1) is 0 Å². The highest BCUT2D eigenvalue weighted by Crippen LogP contribution is 2.42. The molecule has 26 heavy (non-hydrogen) atoms. The van der Waals surface area contributed by atoms with Crippen LogP contribution in [0.2, 0.25) is 0 Å². The number of allylic oxidation sites excluding steroid dienone is 1. The largest absolute Gasteiger partial charge is 0.463 e. The number of aromatic nitrogens is 2. The number of amides is 1. The maximum Gasteiger partial charge on any atom is 0.338 e. The summed E-state index contributed by atoms with van der Waals surface area (Å²) in [7, 11) is 0. The maximum absolute atomic E-state index is 12.9. The quantitative estimate of drug-likeness (QED) is 0.660. The van der Waals surface area contributed by atoms with Crippen LogP contribution in [0.1, 0.15) is 35.9 Å². The van der Waals surface area contributed by atoms with Gasteiger partial charge in [-0.25, -0.2) is 9.48 Å². The van der Waals surface area contributed by atoms with Gasteiger partial charge < -0.3 is 10.1 Å². The summed E-state index contributed by atoms with van der Waals surface area (Å²) in [6.45, 7) is 3.74. The molecule has 1 aromatic carbocycles.